The number of carbonyl (C=O) groups excluding carboxylic acids is 3. The number of nitrogens with one attached hydrogen (secondary N) is 1. The average molecular weight is 407 g/mol. The molecule has 0 saturated carbocycles. The Hall–Kier alpha value is -3.46. The smallest absolute Gasteiger partial charge is 0.342 e. The van der Waals surface area contributed by atoms with E-state index >= 15 is 0 Å². The molecule has 2 aromatic carbocycles. The number of nitrogens with zero attached hydrogens (tertiary/aromatic N) is 1. The number of halogens is 1. The molecule has 28 heavy (non-hydrogen) atoms. The van der Waals surface area contributed by atoms with Gasteiger partial charge in [-0.1, -0.05) is 23.7 Å². The van der Waals surface area contributed by atoms with Gasteiger partial charge >= 0.3 is 5.97 Å². The summed E-state index contributed by atoms with van der Waals surface area (Å²) < 4.78 is 10.1. The molecule has 0 aliphatic carbocycles. The van der Waals surface area contributed by atoms with E-state index in [0.717, 1.165) is 6.07 Å². The Kier molecular flexibility index (Phi) is 6.67. The number of methoxy groups -OCH3 is 1. The van der Waals surface area contributed by atoms with Crippen LogP contribution in [0.4, 0.5) is 11.4 Å². The maximum Gasteiger partial charge on any atom is 0.342 e. The average Bonchev–Trinajstić information content (AvgIpc) is 2.66. The van der Waals surface area contributed by atoms with Gasteiger partial charge in [-0.25, -0.2) is 4.79 Å². The fraction of sp³-hybridized carbons (Fsp3) is 0.167. The number of esters is 1. The van der Waals surface area contributed by atoms with Crippen molar-refractivity contribution in [1.82, 2.24) is 0 Å². The van der Waals surface area contributed by atoms with Crippen LogP contribution in [0.3, 0.4) is 0 Å². The van der Waals surface area contributed by atoms with E-state index in [1.54, 1.807) is 0 Å². The zero-order valence-corrected chi connectivity index (χ0v) is 15.6. The van der Waals surface area contributed by atoms with E-state index in [4.69, 9.17) is 21.1 Å². The number of rotatable bonds is 7. The Morgan fingerprint density at radius 3 is 2.54 bits per heavy atom. The van der Waals surface area contributed by atoms with Crippen LogP contribution >= 0.6 is 11.6 Å². The van der Waals surface area contributed by atoms with Gasteiger partial charge in [0.2, 0.25) is 11.7 Å². The number of benzene rings is 2. The van der Waals surface area contributed by atoms with E-state index in [2.05, 4.69) is 5.32 Å². The normalized spacial score (nSPS) is 10.1. The van der Waals surface area contributed by atoms with Gasteiger partial charge in [-0.15, -0.1) is 0 Å². The summed E-state index contributed by atoms with van der Waals surface area (Å²) in [4.78, 5) is 45.8. The lowest BCUT2D eigenvalue weighted by atomic mass is 10.1. The first kappa shape index (κ1) is 20.8. The molecule has 0 aliphatic heterocycles. The third-order valence-electron chi connectivity index (χ3n) is 3.53. The van der Waals surface area contributed by atoms with Crippen LogP contribution in [-0.2, 0) is 9.53 Å². The van der Waals surface area contributed by atoms with Crippen molar-refractivity contribution in [1.29, 1.82) is 0 Å². The molecule has 1 N–H and O–H groups in total. The monoisotopic (exact) mass is 406 g/mol. The lowest BCUT2D eigenvalue weighted by Gasteiger charge is -2.12. The Balaban J connectivity index is 2.15. The summed E-state index contributed by atoms with van der Waals surface area (Å²) >= 11 is 6.04. The molecule has 0 radical (unpaired) electrons. The Morgan fingerprint density at radius 2 is 1.93 bits per heavy atom. The van der Waals surface area contributed by atoms with Crippen LogP contribution in [0.5, 0.6) is 5.75 Å². The molecule has 9 nitrogen and oxygen atoms in total. The van der Waals surface area contributed by atoms with Crippen molar-refractivity contribution in [3.8, 4) is 5.75 Å². The number of amides is 1. The van der Waals surface area contributed by atoms with E-state index in [9.17, 15) is 24.5 Å². The maximum atomic E-state index is 12.3. The summed E-state index contributed by atoms with van der Waals surface area (Å²) in [5.74, 6) is -1.77. The number of hydrogen-bond acceptors (Lipinski definition) is 7. The molecular formula is C18H15ClN2O7. The molecule has 0 unspecified atom stereocenters. The molecule has 0 fully saturated rings. The number of non-ortho nitro benzene ring substituents is 1. The molecule has 1 amide bonds. The van der Waals surface area contributed by atoms with Crippen LogP contribution in [0.2, 0.25) is 5.02 Å². The van der Waals surface area contributed by atoms with Gasteiger partial charge in [0.15, 0.2) is 6.61 Å². The molecule has 0 atom stereocenters. The minimum absolute atomic E-state index is 0.0352. The lowest BCUT2D eigenvalue weighted by molar-refractivity contribution is -0.384. The van der Waals surface area contributed by atoms with Gasteiger partial charge in [0.25, 0.3) is 5.69 Å². The van der Waals surface area contributed by atoms with Gasteiger partial charge < -0.3 is 14.8 Å². The zero-order valence-electron chi connectivity index (χ0n) is 14.9. The largest absolute Gasteiger partial charge is 0.496 e. The third-order valence-corrected chi connectivity index (χ3v) is 3.85. The van der Waals surface area contributed by atoms with Gasteiger partial charge in [-0.2, -0.15) is 0 Å². The first-order chi connectivity index (χ1) is 13.2. The second-order valence-electron chi connectivity index (χ2n) is 5.52. The highest BCUT2D eigenvalue weighted by Crippen LogP contribution is 2.31. The number of hydrogen-bond donors (Lipinski definition) is 1. The molecule has 146 valence electrons. The summed E-state index contributed by atoms with van der Waals surface area (Å²) in [6.45, 7) is 0.665. The standard InChI is InChI=1S/C18H15ClN2O7/c1-10(22)20-15-8-17(27-2)13(7-14(15)19)18(24)28-9-16(23)11-4-3-5-12(6-11)21(25)26/h3-8H,9H2,1-2H3,(H,20,22). The van der Waals surface area contributed by atoms with Gasteiger partial charge in [-0.3, -0.25) is 19.7 Å². The molecule has 2 rings (SSSR count). The van der Waals surface area contributed by atoms with Crippen LogP contribution in [0.15, 0.2) is 36.4 Å². The quantitative estimate of drug-likeness (QED) is 0.323. The Labute approximate surface area is 164 Å². The van der Waals surface area contributed by atoms with E-state index in [1.807, 2.05) is 0 Å². The van der Waals surface area contributed by atoms with Gasteiger partial charge in [0.05, 0.1) is 22.7 Å². The van der Waals surface area contributed by atoms with Gasteiger partial charge in [0.1, 0.15) is 11.3 Å². The predicted molar refractivity (Wildman–Crippen MR) is 100 cm³/mol. The summed E-state index contributed by atoms with van der Waals surface area (Å²) in [5.41, 5.74) is -0.0177. The molecule has 2 aromatic rings. The van der Waals surface area contributed by atoms with E-state index < -0.39 is 23.3 Å². The van der Waals surface area contributed by atoms with Crippen molar-refractivity contribution in [2.24, 2.45) is 0 Å². The van der Waals surface area contributed by atoms with Crippen LogP contribution in [0.25, 0.3) is 0 Å². The fourth-order valence-electron chi connectivity index (χ4n) is 2.25. The molecule has 0 heterocycles. The van der Waals surface area contributed by atoms with Crippen molar-refractivity contribution < 1.29 is 28.8 Å². The molecule has 0 aliphatic rings. The zero-order chi connectivity index (χ0) is 20.8. The summed E-state index contributed by atoms with van der Waals surface area (Å²) in [6.07, 6.45) is 0. The maximum absolute atomic E-state index is 12.3. The molecule has 0 spiro atoms. The summed E-state index contributed by atoms with van der Waals surface area (Å²) in [7, 11) is 1.31. The lowest BCUT2D eigenvalue weighted by Crippen LogP contribution is -2.15. The molecule has 0 saturated heterocycles. The second-order valence-corrected chi connectivity index (χ2v) is 5.93. The number of nitro benzene ring substituents is 1. The Morgan fingerprint density at radius 1 is 1.21 bits per heavy atom. The fourth-order valence-corrected chi connectivity index (χ4v) is 2.46. The summed E-state index contributed by atoms with van der Waals surface area (Å²) in [6, 6.07) is 7.66. The topological polar surface area (TPSA) is 125 Å². The molecular weight excluding hydrogens is 392 g/mol. The minimum atomic E-state index is -0.882. The highest BCUT2D eigenvalue weighted by atomic mass is 35.5. The van der Waals surface area contributed by atoms with E-state index in [0.29, 0.717) is 0 Å². The van der Waals surface area contributed by atoms with Crippen molar-refractivity contribution >= 4 is 40.6 Å². The highest BCUT2D eigenvalue weighted by molar-refractivity contribution is 6.34. The first-order valence-electron chi connectivity index (χ1n) is 7.82. The van der Waals surface area contributed by atoms with Crippen molar-refractivity contribution in [2.75, 3.05) is 19.0 Å². The number of ether oxygens (including phenoxy) is 2. The Bertz CT molecular complexity index is 959. The van der Waals surface area contributed by atoms with Gasteiger partial charge in [-0.05, 0) is 6.07 Å². The molecule has 10 heteroatoms. The van der Waals surface area contributed by atoms with Crippen molar-refractivity contribution in [3.05, 3.63) is 62.7 Å². The molecule has 0 aromatic heterocycles. The van der Waals surface area contributed by atoms with Gasteiger partial charge in [0, 0.05) is 30.7 Å². The number of nitro groups is 1. The van der Waals surface area contributed by atoms with Crippen LogP contribution in [-0.4, -0.2) is 36.3 Å². The van der Waals surface area contributed by atoms with Crippen LogP contribution in [0.1, 0.15) is 27.6 Å². The number of ketones is 1. The van der Waals surface area contributed by atoms with Crippen LogP contribution < -0.4 is 10.1 Å². The highest BCUT2D eigenvalue weighted by Gasteiger charge is 2.20. The molecule has 0 bridgehead atoms. The number of carbonyl (C=O) groups is 3. The van der Waals surface area contributed by atoms with Crippen molar-refractivity contribution in [3.63, 3.8) is 0 Å². The number of Topliss-reactive ketones (excluding diaryl/α,β-unsaturated/α-hetero) is 1. The predicted octanol–water partition coefficient (Wildman–Crippen LogP) is 3.25. The third kappa shape index (κ3) is 5.04. The van der Waals surface area contributed by atoms with E-state index in [1.165, 1.54) is 44.4 Å². The van der Waals surface area contributed by atoms with Crippen molar-refractivity contribution in [2.45, 2.75) is 6.92 Å². The first-order valence-corrected chi connectivity index (χ1v) is 8.20. The SMILES string of the molecule is COc1cc(NC(C)=O)c(Cl)cc1C(=O)OCC(=O)c1cccc([N+](=O)[O-])c1. The summed E-state index contributed by atoms with van der Waals surface area (Å²) in [5, 5.41) is 13.3. The van der Waals surface area contributed by atoms with Crippen LogP contribution in [0, 0.1) is 10.1 Å². The second kappa shape index (κ2) is 8.96. The van der Waals surface area contributed by atoms with E-state index in [-0.39, 0.29) is 39.2 Å². The minimum Gasteiger partial charge on any atom is -0.496 e. The number of anilines is 1.